The molecule has 0 aromatic heterocycles. The van der Waals surface area contributed by atoms with E-state index in [0.717, 1.165) is 0 Å². The molecule has 6 N–H and O–H groups in total. The van der Waals surface area contributed by atoms with Crippen molar-refractivity contribution in [3.63, 3.8) is 0 Å². The first-order valence-electron chi connectivity index (χ1n) is 3.55. The molecule has 0 spiro atoms. The van der Waals surface area contributed by atoms with E-state index in [4.69, 9.17) is 30.6 Å². The Morgan fingerprint density at radius 2 is 0.462 bits per heavy atom. The monoisotopic (exact) mass is 236 g/mol. The van der Waals surface area contributed by atoms with Gasteiger partial charge in [0.05, 0.1) is 0 Å². The van der Waals surface area contributed by atoms with E-state index in [9.17, 15) is 0 Å². The molecule has 0 amide bonds. The molecule has 1 saturated carbocycles. The molecule has 0 unspecified atom stereocenters. The van der Waals surface area contributed by atoms with Crippen molar-refractivity contribution in [2.45, 2.75) is 36.6 Å². The Bertz CT molecular complexity index is 109. The summed E-state index contributed by atoms with van der Waals surface area (Å²) in [4.78, 5) is 0. The van der Waals surface area contributed by atoms with Gasteiger partial charge in [-0.3, -0.25) is 0 Å². The Kier molecular flexibility index (Phi) is 4.78. The van der Waals surface area contributed by atoms with E-state index in [1.165, 1.54) is 0 Å². The Morgan fingerprint density at radius 3 is 0.538 bits per heavy atom. The Balaban J connectivity index is 0.00000144. The zero-order valence-electron chi connectivity index (χ0n) is 6.50. The summed E-state index contributed by atoms with van der Waals surface area (Å²) in [5.41, 5.74) is 0. The molecule has 0 atom stereocenters. The van der Waals surface area contributed by atoms with Crippen molar-refractivity contribution in [1.82, 2.24) is 0 Å². The first-order valence-corrected chi connectivity index (χ1v) is 3.55. The summed E-state index contributed by atoms with van der Waals surface area (Å²) in [7, 11) is 0. The minimum absolute atomic E-state index is 0. The zero-order valence-corrected chi connectivity index (χ0v) is 7.61. The average Bonchev–Trinajstić information content (AvgIpc) is 2.08. The van der Waals surface area contributed by atoms with Crippen molar-refractivity contribution in [1.29, 1.82) is 0 Å². The first-order chi connectivity index (χ1) is 5.46. The molecule has 1 aliphatic rings. The molecule has 0 radical (unpaired) electrons. The van der Waals surface area contributed by atoms with Crippen molar-refractivity contribution in [3.8, 4) is 0 Å². The molecule has 0 aromatic carbocycles. The number of aliphatic hydroxyl groups excluding tert-OH is 6. The molecule has 6 nitrogen and oxygen atoms in total. The van der Waals surface area contributed by atoms with Crippen molar-refractivity contribution in [2.24, 2.45) is 0 Å². The fourth-order valence-electron chi connectivity index (χ4n) is 1.21. The minimum Gasteiger partial charge on any atom is -0.387 e. The predicted molar refractivity (Wildman–Crippen MR) is 36.0 cm³/mol. The van der Waals surface area contributed by atoms with Gasteiger partial charge in [0.15, 0.2) is 0 Å². The Hall–Kier alpha value is 0.279. The maximum atomic E-state index is 8.97. The van der Waals surface area contributed by atoms with Crippen LogP contribution in [0.1, 0.15) is 0 Å². The van der Waals surface area contributed by atoms with Gasteiger partial charge in [-0.2, -0.15) is 0 Å². The normalized spacial score (nSPS) is 51.2. The summed E-state index contributed by atoms with van der Waals surface area (Å²) < 4.78 is 0. The molecule has 0 saturated heterocycles. The topological polar surface area (TPSA) is 121 Å². The van der Waals surface area contributed by atoms with Gasteiger partial charge >= 0.3 is 0 Å². The van der Waals surface area contributed by atoms with Crippen LogP contribution in [0.25, 0.3) is 0 Å². The van der Waals surface area contributed by atoms with Gasteiger partial charge in [0, 0.05) is 17.1 Å². The van der Waals surface area contributed by atoms with Crippen LogP contribution >= 0.6 is 0 Å². The maximum Gasteiger partial charge on any atom is 0.111 e. The smallest absolute Gasteiger partial charge is 0.111 e. The second-order valence-corrected chi connectivity index (χ2v) is 2.94. The SMILES string of the molecule is O[C@H]1[C@H](O)[C@@H](O)[C@H](O)[C@@H](O)[C@H]1O.[Fe]. The van der Waals surface area contributed by atoms with Crippen LogP contribution in [-0.2, 0) is 17.1 Å². The van der Waals surface area contributed by atoms with E-state index in [1.54, 1.807) is 0 Å². The molecule has 0 bridgehead atoms. The third-order valence-electron chi connectivity index (χ3n) is 2.10. The largest absolute Gasteiger partial charge is 0.387 e. The molecule has 0 heterocycles. The fourth-order valence-corrected chi connectivity index (χ4v) is 1.21. The summed E-state index contributed by atoms with van der Waals surface area (Å²) >= 11 is 0. The van der Waals surface area contributed by atoms with Gasteiger partial charge in [0.25, 0.3) is 0 Å². The molecule has 0 aliphatic heterocycles. The minimum atomic E-state index is -1.64. The molecule has 0 aromatic rings. The van der Waals surface area contributed by atoms with Gasteiger partial charge in [-0.15, -0.1) is 0 Å². The second kappa shape index (κ2) is 4.68. The fraction of sp³-hybridized carbons (Fsp3) is 1.00. The molecule has 7 heteroatoms. The van der Waals surface area contributed by atoms with Gasteiger partial charge in [0.2, 0.25) is 0 Å². The van der Waals surface area contributed by atoms with Crippen LogP contribution < -0.4 is 0 Å². The number of hydrogen-bond acceptors (Lipinski definition) is 6. The first kappa shape index (κ1) is 13.3. The third-order valence-corrected chi connectivity index (χ3v) is 2.10. The molecular formula is C6H12FeO6. The van der Waals surface area contributed by atoms with Crippen molar-refractivity contribution < 1.29 is 47.7 Å². The van der Waals surface area contributed by atoms with Crippen LogP contribution in [0, 0.1) is 0 Å². The van der Waals surface area contributed by atoms with E-state index in [2.05, 4.69) is 0 Å². The van der Waals surface area contributed by atoms with E-state index in [-0.39, 0.29) is 17.1 Å². The van der Waals surface area contributed by atoms with Crippen LogP contribution in [0.5, 0.6) is 0 Å². The Labute approximate surface area is 84.9 Å². The Morgan fingerprint density at radius 1 is 0.385 bits per heavy atom. The summed E-state index contributed by atoms with van der Waals surface area (Å²) in [6.45, 7) is 0. The van der Waals surface area contributed by atoms with E-state index < -0.39 is 36.6 Å². The van der Waals surface area contributed by atoms with Crippen LogP contribution in [0.4, 0.5) is 0 Å². The average molecular weight is 236 g/mol. The van der Waals surface area contributed by atoms with Crippen LogP contribution in [-0.4, -0.2) is 67.3 Å². The molecule has 13 heavy (non-hydrogen) atoms. The van der Waals surface area contributed by atoms with Crippen molar-refractivity contribution in [3.05, 3.63) is 0 Å². The summed E-state index contributed by atoms with van der Waals surface area (Å²) in [5.74, 6) is 0. The number of hydrogen-bond donors (Lipinski definition) is 6. The second-order valence-electron chi connectivity index (χ2n) is 2.94. The summed E-state index contributed by atoms with van der Waals surface area (Å²) in [6, 6.07) is 0. The number of aliphatic hydroxyl groups is 6. The van der Waals surface area contributed by atoms with Crippen LogP contribution in [0.3, 0.4) is 0 Å². The molecule has 1 aliphatic carbocycles. The molecular weight excluding hydrogens is 224 g/mol. The van der Waals surface area contributed by atoms with E-state index >= 15 is 0 Å². The van der Waals surface area contributed by atoms with Crippen LogP contribution in [0.2, 0.25) is 0 Å². The molecule has 1 fully saturated rings. The molecule has 1 rings (SSSR count). The summed E-state index contributed by atoms with van der Waals surface area (Å²) in [6.07, 6.45) is -9.84. The van der Waals surface area contributed by atoms with Crippen molar-refractivity contribution >= 4 is 0 Å². The maximum absolute atomic E-state index is 8.97. The van der Waals surface area contributed by atoms with Crippen LogP contribution in [0.15, 0.2) is 0 Å². The van der Waals surface area contributed by atoms with E-state index in [0.29, 0.717) is 0 Å². The van der Waals surface area contributed by atoms with Gasteiger partial charge < -0.3 is 30.6 Å². The van der Waals surface area contributed by atoms with Gasteiger partial charge in [-0.05, 0) is 0 Å². The predicted octanol–water partition coefficient (Wildman–Crippen LogP) is -3.84. The summed E-state index contributed by atoms with van der Waals surface area (Å²) in [5, 5.41) is 53.8. The third kappa shape index (κ3) is 2.20. The zero-order chi connectivity index (χ0) is 9.46. The van der Waals surface area contributed by atoms with Gasteiger partial charge in [0.1, 0.15) is 36.6 Å². The van der Waals surface area contributed by atoms with Crippen molar-refractivity contribution in [2.75, 3.05) is 0 Å². The quantitative estimate of drug-likeness (QED) is 0.239. The molecule has 80 valence electrons. The standard InChI is InChI=1S/C6H12O6.Fe/c7-1-2(8)4(10)6(12)5(11)3(1)9;/h1-12H;/t1-,2-,3-,4+,5-,6-;. The van der Waals surface area contributed by atoms with Gasteiger partial charge in [-0.1, -0.05) is 0 Å². The van der Waals surface area contributed by atoms with E-state index in [1.807, 2.05) is 0 Å². The number of rotatable bonds is 0. The van der Waals surface area contributed by atoms with Gasteiger partial charge in [-0.25, -0.2) is 0 Å².